The Balaban J connectivity index is 2.88. The highest BCUT2D eigenvalue weighted by Crippen LogP contribution is 2.19. The predicted molar refractivity (Wildman–Crippen MR) is 68.5 cm³/mol. The molecule has 0 radical (unpaired) electrons. The summed E-state index contributed by atoms with van der Waals surface area (Å²) in [4.78, 5) is 15.1. The van der Waals surface area contributed by atoms with E-state index < -0.39 is 5.97 Å². The summed E-state index contributed by atoms with van der Waals surface area (Å²) in [5.41, 5.74) is -0.254. The molecule has 0 fully saturated rings. The van der Waals surface area contributed by atoms with Crippen LogP contribution in [0.4, 0.5) is 5.82 Å². The summed E-state index contributed by atoms with van der Waals surface area (Å²) in [6, 6.07) is 1.51. The van der Waals surface area contributed by atoms with Crippen LogP contribution in [0.3, 0.4) is 0 Å². The number of hydrogen-bond donors (Lipinski definition) is 2. The molecular formula is C11H15BrN2O3. The first-order valence-electron chi connectivity index (χ1n) is 5.03. The van der Waals surface area contributed by atoms with Crippen molar-refractivity contribution in [2.45, 2.75) is 19.4 Å². The van der Waals surface area contributed by atoms with Gasteiger partial charge in [0.15, 0.2) is 0 Å². The van der Waals surface area contributed by atoms with Gasteiger partial charge in [-0.1, -0.05) is 0 Å². The lowest BCUT2D eigenvalue weighted by Gasteiger charge is -2.23. The zero-order chi connectivity index (χ0) is 13.1. The number of carboxylic acids is 1. The lowest BCUT2D eigenvalue weighted by molar-refractivity contribution is 0.0342. The van der Waals surface area contributed by atoms with E-state index in [2.05, 4.69) is 26.2 Å². The third kappa shape index (κ3) is 3.98. The maximum Gasteiger partial charge on any atom is 0.339 e. The monoisotopic (exact) mass is 302 g/mol. The van der Waals surface area contributed by atoms with Crippen molar-refractivity contribution in [3.8, 4) is 0 Å². The van der Waals surface area contributed by atoms with Crippen molar-refractivity contribution in [3.63, 3.8) is 0 Å². The standard InChI is InChI=1S/C11H15BrN2O3/c1-11(2,17-3)6-14-9-8(10(15)16)4-7(12)5-13-9/h4-5H,6H2,1-3H3,(H,13,14)(H,15,16). The van der Waals surface area contributed by atoms with Gasteiger partial charge in [-0.3, -0.25) is 0 Å². The quantitative estimate of drug-likeness (QED) is 0.874. The van der Waals surface area contributed by atoms with Gasteiger partial charge in [0, 0.05) is 24.3 Å². The topological polar surface area (TPSA) is 71.5 Å². The molecule has 94 valence electrons. The number of carboxylic acid groups (broad SMARTS) is 1. The van der Waals surface area contributed by atoms with E-state index >= 15 is 0 Å². The Morgan fingerprint density at radius 2 is 2.29 bits per heavy atom. The molecule has 1 rings (SSSR count). The molecule has 0 aliphatic carbocycles. The fourth-order valence-corrected chi connectivity index (χ4v) is 1.44. The number of ether oxygens (including phenoxy) is 1. The van der Waals surface area contributed by atoms with Crippen LogP contribution in [0, 0.1) is 0 Å². The second kappa shape index (κ2) is 5.46. The first kappa shape index (κ1) is 13.9. The van der Waals surface area contributed by atoms with Gasteiger partial charge >= 0.3 is 5.97 Å². The number of carbonyl (C=O) groups is 1. The Bertz CT molecular complexity index is 421. The minimum atomic E-state index is -1.02. The molecule has 17 heavy (non-hydrogen) atoms. The third-order valence-corrected chi connectivity index (χ3v) is 2.75. The summed E-state index contributed by atoms with van der Waals surface area (Å²) in [5, 5.41) is 12.0. The molecule has 5 nitrogen and oxygen atoms in total. The van der Waals surface area contributed by atoms with Crippen LogP contribution in [0.25, 0.3) is 0 Å². The number of aromatic carboxylic acids is 1. The Morgan fingerprint density at radius 3 is 2.82 bits per heavy atom. The van der Waals surface area contributed by atoms with E-state index in [0.717, 1.165) is 0 Å². The summed E-state index contributed by atoms with van der Waals surface area (Å²) in [5.74, 6) is -0.678. The van der Waals surface area contributed by atoms with Crippen molar-refractivity contribution in [1.29, 1.82) is 0 Å². The number of nitrogens with zero attached hydrogens (tertiary/aromatic N) is 1. The molecule has 1 aromatic rings. The Kier molecular flexibility index (Phi) is 4.47. The van der Waals surface area contributed by atoms with Gasteiger partial charge in [-0.15, -0.1) is 0 Å². The molecule has 0 aromatic carbocycles. The smallest absolute Gasteiger partial charge is 0.339 e. The Morgan fingerprint density at radius 1 is 1.65 bits per heavy atom. The molecule has 0 unspecified atom stereocenters. The van der Waals surface area contributed by atoms with E-state index in [0.29, 0.717) is 16.8 Å². The number of methoxy groups -OCH3 is 1. The normalized spacial score (nSPS) is 11.3. The maximum atomic E-state index is 11.0. The lowest BCUT2D eigenvalue weighted by atomic mass is 10.1. The van der Waals surface area contributed by atoms with Gasteiger partial charge in [0.1, 0.15) is 11.4 Å². The van der Waals surface area contributed by atoms with E-state index in [1.165, 1.54) is 6.07 Å². The molecule has 0 aliphatic heterocycles. The van der Waals surface area contributed by atoms with Crippen molar-refractivity contribution >= 4 is 27.7 Å². The number of anilines is 1. The van der Waals surface area contributed by atoms with Crippen LogP contribution in [0.5, 0.6) is 0 Å². The highest BCUT2D eigenvalue weighted by molar-refractivity contribution is 9.10. The maximum absolute atomic E-state index is 11.0. The highest BCUT2D eigenvalue weighted by atomic mass is 79.9. The molecular weight excluding hydrogens is 288 g/mol. The molecule has 0 spiro atoms. The van der Waals surface area contributed by atoms with Gasteiger partial charge in [-0.2, -0.15) is 0 Å². The summed E-state index contributed by atoms with van der Waals surface area (Å²) < 4.78 is 5.87. The van der Waals surface area contributed by atoms with E-state index in [9.17, 15) is 4.79 Å². The van der Waals surface area contributed by atoms with Crippen molar-refractivity contribution in [2.24, 2.45) is 0 Å². The van der Waals surface area contributed by atoms with Crippen LogP contribution >= 0.6 is 15.9 Å². The van der Waals surface area contributed by atoms with Crippen molar-refractivity contribution in [1.82, 2.24) is 4.98 Å². The van der Waals surface area contributed by atoms with Crippen LogP contribution in [0.15, 0.2) is 16.7 Å². The molecule has 0 amide bonds. The van der Waals surface area contributed by atoms with Crippen LogP contribution in [-0.4, -0.2) is 35.3 Å². The van der Waals surface area contributed by atoms with E-state index in [4.69, 9.17) is 9.84 Å². The average Bonchev–Trinajstić information content (AvgIpc) is 2.27. The second-order valence-corrected chi connectivity index (χ2v) is 5.09. The van der Waals surface area contributed by atoms with Crippen molar-refractivity contribution in [2.75, 3.05) is 19.0 Å². The zero-order valence-electron chi connectivity index (χ0n) is 9.95. The highest BCUT2D eigenvalue weighted by Gasteiger charge is 2.18. The molecule has 0 atom stereocenters. The Hall–Kier alpha value is -1.14. The fourth-order valence-electron chi connectivity index (χ4n) is 1.11. The van der Waals surface area contributed by atoms with Gasteiger partial charge in [0.25, 0.3) is 0 Å². The van der Waals surface area contributed by atoms with E-state index in [-0.39, 0.29) is 11.2 Å². The van der Waals surface area contributed by atoms with Gasteiger partial charge in [-0.05, 0) is 35.8 Å². The number of rotatable bonds is 5. The molecule has 0 bridgehead atoms. The first-order chi connectivity index (χ1) is 7.85. The predicted octanol–water partition coefficient (Wildman–Crippen LogP) is 2.38. The number of pyridine rings is 1. The van der Waals surface area contributed by atoms with Crippen LogP contribution in [0.2, 0.25) is 0 Å². The molecule has 0 saturated carbocycles. The molecule has 6 heteroatoms. The van der Waals surface area contributed by atoms with Crippen LogP contribution < -0.4 is 5.32 Å². The van der Waals surface area contributed by atoms with Gasteiger partial charge in [0.05, 0.1) is 5.60 Å². The lowest BCUT2D eigenvalue weighted by Crippen LogP contribution is -2.32. The van der Waals surface area contributed by atoms with E-state index in [1.807, 2.05) is 13.8 Å². The van der Waals surface area contributed by atoms with Crippen molar-refractivity contribution in [3.05, 3.63) is 22.3 Å². The number of hydrogen-bond acceptors (Lipinski definition) is 4. The molecule has 1 heterocycles. The van der Waals surface area contributed by atoms with Crippen LogP contribution in [-0.2, 0) is 4.74 Å². The molecule has 0 saturated heterocycles. The van der Waals surface area contributed by atoms with Gasteiger partial charge in [-0.25, -0.2) is 9.78 Å². The number of aromatic nitrogens is 1. The minimum absolute atomic E-state index is 0.131. The number of nitrogens with one attached hydrogen (secondary N) is 1. The molecule has 1 aromatic heterocycles. The summed E-state index contributed by atoms with van der Waals surface area (Å²) >= 11 is 3.19. The SMILES string of the molecule is COC(C)(C)CNc1ncc(Br)cc1C(=O)O. The first-order valence-corrected chi connectivity index (χ1v) is 5.83. The minimum Gasteiger partial charge on any atom is -0.478 e. The zero-order valence-corrected chi connectivity index (χ0v) is 11.5. The largest absolute Gasteiger partial charge is 0.478 e. The van der Waals surface area contributed by atoms with E-state index in [1.54, 1.807) is 13.3 Å². The van der Waals surface area contributed by atoms with Crippen molar-refractivity contribution < 1.29 is 14.6 Å². The Labute approximate surface area is 108 Å². The summed E-state index contributed by atoms with van der Waals surface area (Å²) in [6.45, 7) is 4.27. The van der Waals surface area contributed by atoms with Gasteiger partial charge < -0.3 is 15.2 Å². The summed E-state index contributed by atoms with van der Waals surface area (Å²) in [7, 11) is 1.61. The van der Waals surface area contributed by atoms with Crippen LogP contribution in [0.1, 0.15) is 24.2 Å². The number of halogens is 1. The molecule has 0 aliphatic rings. The summed E-state index contributed by atoms with van der Waals surface area (Å²) in [6.07, 6.45) is 1.55. The average molecular weight is 303 g/mol. The fraction of sp³-hybridized carbons (Fsp3) is 0.455. The van der Waals surface area contributed by atoms with Gasteiger partial charge in [0.2, 0.25) is 0 Å². The third-order valence-electron chi connectivity index (χ3n) is 2.32. The second-order valence-electron chi connectivity index (χ2n) is 4.17. The molecule has 2 N–H and O–H groups in total.